The second-order valence-electron chi connectivity index (χ2n) is 5.22. The Kier molecular flexibility index (Phi) is 5.47. The fraction of sp³-hybridized carbons (Fsp3) is 0.353. The third kappa shape index (κ3) is 4.04. The van der Waals surface area contributed by atoms with Gasteiger partial charge in [0.1, 0.15) is 5.69 Å². The summed E-state index contributed by atoms with van der Waals surface area (Å²) in [4.78, 5) is 32.9. The summed E-state index contributed by atoms with van der Waals surface area (Å²) in [5.41, 5.74) is 1.96. The zero-order valence-corrected chi connectivity index (χ0v) is 13.0. The van der Waals surface area contributed by atoms with Gasteiger partial charge in [0.2, 0.25) is 0 Å². The number of ketones is 1. The summed E-state index contributed by atoms with van der Waals surface area (Å²) in [7, 11) is 0. The van der Waals surface area contributed by atoms with Gasteiger partial charge in [0, 0.05) is 43.2 Å². The van der Waals surface area contributed by atoms with Crippen LogP contribution in [0.5, 0.6) is 0 Å². The van der Waals surface area contributed by atoms with Gasteiger partial charge in [-0.3, -0.25) is 14.6 Å². The van der Waals surface area contributed by atoms with Crippen LogP contribution in [0.25, 0.3) is 0 Å². The van der Waals surface area contributed by atoms with E-state index >= 15 is 0 Å². The van der Waals surface area contributed by atoms with Crippen LogP contribution in [0.3, 0.4) is 0 Å². The molecule has 0 bridgehead atoms. The standard InChI is InChI=1S/C17H21N3O2/c1-3-9-20(10-7-15-6-4-5-8-18-15)17(22)16-11-14(12-19-16)13(2)21/h4-6,8,11-12,19H,3,7,9-10H2,1-2H3. The van der Waals surface area contributed by atoms with Gasteiger partial charge in [-0.15, -0.1) is 0 Å². The molecule has 5 nitrogen and oxygen atoms in total. The molecule has 0 aromatic carbocycles. The number of rotatable bonds is 7. The molecule has 1 amide bonds. The van der Waals surface area contributed by atoms with Crippen LogP contribution >= 0.6 is 0 Å². The van der Waals surface area contributed by atoms with Crippen LogP contribution in [-0.4, -0.2) is 39.6 Å². The summed E-state index contributed by atoms with van der Waals surface area (Å²) in [6.07, 6.45) is 4.94. The van der Waals surface area contributed by atoms with Gasteiger partial charge in [-0.25, -0.2) is 0 Å². The molecule has 0 spiro atoms. The van der Waals surface area contributed by atoms with E-state index in [-0.39, 0.29) is 11.7 Å². The molecule has 2 rings (SSSR count). The molecule has 0 unspecified atom stereocenters. The molecular formula is C17H21N3O2. The van der Waals surface area contributed by atoms with Crippen molar-refractivity contribution in [1.82, 2.24) is 14.9 Å². The van der Waals surface area contributed by atoms with E-state index in [2.05, 4.69) is 9.97 Å². The number of Topliss-reactive ketones (excluding diaryl/α,β-unsaturated/α-hetero) is 1. The Labute approximate surface area is 130 Å². The molecule has 0 atom stereocenters. The lowest BCUT2D eigenvalue weighted by atomic mass is 10.2. The largest absolute Gasteiger partial charge is 0.356 e. The zero-order chi connectivity index (χ0) is 15.9. The molecule has 1 N–H and O–H groups in total. The summed E-state index contributed by atoms with van der Waals surface area (Å²) < 4.78 is 0. The van der Waals surface area contributed by atoms with E-state index in [9.17, 15) is 9.59 Å². The number of nitrogens with one attached hydrogen (secondary N) is 1. The first-order valence-electron chi connectivity index (χ1n) is 7.50. The Morgan fingerprint density at radius 2 is 2.09 bits per heavy atom. The van der Waals surface area contributed by atoms with Crippen LogP contribution in [0.15, 0.2) is 36.7 Å². The Balaban J connectivity index is 2.05. The van der Waals surface area contributed by atoms with Gasteiger partial charge in [-0.1, -0.05) is 13.0 Å². The number of amides is 1. The molecule has 0 fully saturated rings. The highest BCUT2D eigenvalue weighted by Gasteiger charge is 2.17. The third-order valence-electron chi connectivity index (χ3n) is 3.46. The van der Waals surface area contributed by atoms with Gasteiger partial charge in [-0.05, 0) is 31.5 Å². The SMILES string of the molecule is CCCN(CCc1ccccn1)C(=O)c1cc(C(C)=O)c[nH]1. The quantitative estimate of drug-likeness (QED) is 0.799. The van der Waals surface area contributed by atoms with E-state index < -0.39 is 0 Å². The topological polar surface area (TPSA) is 66.1 Å². The van der Waals surface area contributed by atoms with Crippen LogP contribution < -0.4 is 0 Å². The molecule has 2 aromatic rings. The molecule has 116 valence electrons. The van der Waals surface area contributed by atoms with Gasteiger partial charge in [0.05, 0.1) is 0 Å². The summed E-state index contributed by atoms with van der Waals surface area (Å²) in [6, 6.07) is 7.39. The molecule has 2 heterocycles. The maximum atomic E-state index is 12.6. The number of carbonyl (C=O) groups excluding carboxylic acids is 2. The lowest BCUT2D eigenvalue weighted by Crippen LogP contribution is -2.34. The van der Waals surface area contributed by atoms with Crippen molar-refractivity contribution in [1.29, 1.82) is 0 Å². The first-order valence-corrected chi connectivity index (χ1v) is 7.50. The smallest absolute Gasteiger partial charge is 0.270 e. The van der Waals surface area contributed by atoms with Crippen LogP contribution in [0, 0.1) is 0 Å². The Bertz CT molecular complexity index is 634. The molecule has 0 aliphatic rings. The average Bonchev–Trinajstić information content (AvgIpc) is 3.02. The fourth-order valence-corrected chi connectivity index (χ4v) is 2.27. The average molecular weight is 299 g/mol. The van der Waals surface area contributed by atoms with E-state index in [0.717, 1.165) is 12.1 Å². The number of aromatic amines is 1. The molecule has 22 heavy (non-hydrogen) atoms. The minimum absolute atomic E-state index is 0.0502. The highest BCUT2D eigenvalue weighted by molar-refractivity contribution is 5.99. The van der Waals surface area contributed by atoms with Crippen LogP contribution in [0.2, 0.25) is 0 Å². The number of carbonyl (C=O) groups is 2. The predicted octanol–water partition coefficient (Wildman–Crippen LogP) is 2.71. The summed E-state index contributed by atoms with van der Waals surface area (Å²) in [6.45, 7) is 4.82. The van der Waals surface area contributed by atoms with Crippen LogP contribution in [0.1, 0.15) is 46.8 Å². The van der Waals surface area contributed by atoms with Crippen LogP contribution in [-0.2, 0) is 6.42 Å². The lowest BCUT2D eigenvalue weighted by molar-refractivity contribution is 0.0752. The summed E-state index contributed by atoms with van der Waals surface area (Å²) >= 11 is 0. The molecule has 0 aliphatic heterocycles. The minimum atomic E-state index is -0.0784. The van der Waals surface area contributed by atoms with E-state index in [0.29, 0.717) is 30.8 Å². The molecular weight excluding hydrogens is 278 g/mol. The van der Waals surface area contributed by atoms with Crippen molar-refractivity contribution < 1.29 is 9.59 Å². The van der Waals surface area contributed by atoms with E-state index in [1.807, 2.05) is 25.1 Å². The Morgan fingerprint density at radius 1 is 1.27 bits per heavy atom. The maximum Gasteiger partial charge on any atom is 0.270 e. The predicted molar refractivity (Wildman–Crippen MR) is 84.9 cm³/mol. The van der Waals surface area contributed by atoms with Crippen molar-refractivity contribution in [3.63, 3.8) is 0 Å². The molecule has 5 heteroatoms. The van der Waals surface area contributed by atoms with Crippen LogP contribution in [0.4, 0.5) is 0 Å². The molecule has 0 saturated heterocycles. The van der Waals surface area contributed by atoms with Crippen molar-refractivity contribution in [3.8, 4) is 0 Å². The van der Waals surface area contributed by atoms with Crippen molar-refractivity contribution in [2.45, 2.75) is 26.7 Å². The van der Waals surface area contributed by atoms with Gasteiger partial charge < -0.3 is 9.88 Å². The molecule has 0 aliphatic carbocycles. The highest BCUT2D eigenvalue weighted by Crippen LogP contribution is 2.09. The minimum Gasteiger partial charge on any atom is -0.356 e. The molecule has 2 aromatic heterocycles. The van der Waals surface area contributed by atoms with E-state index in [1.165, 1.54) is 6.92 Å². The number of aromatic nitrogens is 2. The monoisotopic (exact) mass is 299 g/mol. The van der Waals surface area contributed by atoms with Crippen molar-refractivity contribution in [2.75, 3.05) is 13.1 Å². The first-order chi connectivity index (χ1) is 10.6. The van der Waals surface area contributed by atoms with E-state index in [4.69, 9.17) is 0 Å². The Hall–Kier alpha value is -2.43. The van der Waals surface area contributed by atoms with Gasteiger partial charge in [0.15, 0.2) is 5.78 Å². The summed E-state index contributed by atoms with van der Waals surface area (Å²) in [5, 5.41) is 0. The van der Waals surface area contributed by atoms with Crippen molar-refractivity contribution in [2.24, 2.45) is 0 Å². The number of nitrogens with zero attached hydrogens (tertiary/aromatic N) is 2. The van der Waals surface area contributed by atoms with E-state index in [1.54, 1.807) is 23.4 Å². The number of pyridine rings is 1. The third-order valence-corrected chi connectivity index (χ3v) is 3.46. The summed E-state index contributed by atoms with van der Waals surface area (Å²) in [5.74, 6) is -0.129. The number of hydrogen-bond donors (Lipinski definition) is 1. The molecule has 0 radical (unpaired) electrons. The number of hydrogen-bond acceptors (Lipinski definition) is 3. The van der Waals surface area contributed by atoms with Crippen molar-refractivity contribution >= 4 is 11.7 Å². The number of H-pyrrole nitrogens is 1. The second kappa shape index (κ2) is 7.54. The highest BCUT2D eigenvalue weighted by atomic mass is 16.2. The second-order valence-corrected chi connectivity index (χ2v) is 5.22. The first kappa shape index (κ1) is 15.9. The van der Waals surface area contributed by atoms with Crippen molar-refractivity contribution in [3.05, 3.63) is 53.6 Å². The molecule has 0 saturated carbocycles. The van der Waals surface area contributed by atoms with Gasteiger partial charge in [-0.2, -0.15) is 0 Å². The van der Waals surface area contributed by atoms with Gasteiger partial charge >= 0.3 is 0 Å². The normalized spacial score (nSPS) is 10.5. The Morgan fingerprint density at radius 3 is 2.68 bits per heavy atom. The zero-order valence-electron chi connectivity index (χ0n) is 13.0. The maximum absolute atomic E-state index is 12.6. The van der Waals surface area contributed by atoms with Gasteiger partial charge in [0.25, 0.3) is 5.91 Å². The lowest BCUT2D eigenvalue weighted by Gasteiger charge is -2.21. The fourth-order valence-electron chi connectivity index (χ4n) is 2.27.